The predicted molar refractivity (Wildman–Crippen MR) is 60.2 cm³/mol. The van der Waals surface area contributed by atoms with E-state index in [-0.39, 0.29) is 18.9 Å². The summed E-state index contributed by atoms with van der Waals surface area (Å²) < 4.78 is 4.94. The van der Waals surface area contributed by atoms with Crippen LogP contribution in [0, 0.1) is 5.92 Å². The van der Waals surface area contributed by atoms with Gasteiger partial charge in [0.05, 0.1) is 0 Å². The van der Waals surface area contributed by atoms with Crippen LogP contribution in [0.3, 0.4) is 0 Å². The van der Waals surface area contributed by atoms with Gasteiger partial charge in [-0.05, 0) is 25.7 Å². The molecule has 0 saturated carbocycles. The second-order valence-electron chi connectivity index (χ2n) is 3.81. The van der Waals surface area contributed by atoms with E-state index in [9.17, 15) is 9.59 Å². The second-order valence-corrected chi connectivity index (χ2v) is 3.81. The summed E-state index contributed by atoms with van der Waals surface area (Å²) in [6, 6.07) is 0. The molecule has 0 spiro atoms. The Hall–Kier alpha value is -1.10. The number of carbonyl (C=O) groups excluding carboxylic acids is 1. The fourth-order valence-corrected chi connectivity index (χ4v) is 1.22. The third kappa shape index (κ3) is 9.45. The number of carboxylic acid groups (broad SMARTS) is 1. The highest BCUT2D eigenvalue weighted by molar-refractivity contribution is 5.77. The van der Waals surface area contributed by atoms with Gasteiger partial charge in [0.2, 0.25) is 5.91 Å². The first-order valence-electron chi connectivity index (χ1n) is 5.62. The fraction of sp³-hybridized carbons (Fsp3) is 0.818. The average Bonchev–Trinajstić information content (AvgIpc) is 2.23. The Balaban J connectivity index is 3.42. The van der Waals surface area contributed by atoms with E-state index in [2.05, 4.69) is 5.32 Å². The zero-order chi connectivity index (χ0) is 12.4. The number of hydrogen-bond acceptors (Lipinski definition) is 3. The van der Waals surface area contributed by atoms with Crippen molar-refractivity contribution in [2.24, 2.45) is 5.92 Å². The standard InChI is InChI=1S/C11H21NO4/c1-3-16-8-10(13)12-7-6-9(2)4-5-11(14)15/h9H,3-8H2,1-2H3,(H,12,13)(H,14,15). The monoisotopic (exact) mass is 231 g/mol. The van der Waals surface area contributed by atoms with Gasteiger partial charge in [0.15, 0.2) is 0 Å². The van der Waals surface area contributed by atoms with E-state index in [1.807, 2.05) is 13.8 Å². The lowest BCUT2D eigenvalue weighted by Crippen LogP contribution is -2.29. The van der Waals surface area contributed by atoms with Gasteiger partial charge in [-0.3, -0.25) is 9.59 Å². The van der Waals surface area contributed by atoms with Crippen LogP contribution in [-0.2, 0) is 14.3 Å². The number of ether oxygens (including phenoxy) is 1. The van der Waals surface area contributed by atoms with Crippen molar-refractivity contribution in [2.75, 3.05) is 19.8 Å². The molecule has 0 saturated heterocycles. The summed E-state index contributed by atoms with van der Waals surface area (Å²) >= 11 is 0. The van der Waals surface area contributed by atoms with E-state index >= 15 is 0 Å². The molecule has 0 aliphatic heterocycles. The van der Waals surface area contributed by atoms with Crippen molar-refractivity contribution < 1.29 is 19.4 Å². The molecule has 1 atom stereocenters. The third-order valence-electron chi connectivity index (χ3n) is 2.25. The molecular formula is C11H21NO4. The third-order valence-corrected chi connectivity index (χ3v) is 2.25. The van der Waals surface area contributed by atoms with Crippen molar-refractivity contribution in [3.05, 3.63) is 0 Å². The molecule has 0 aliphatic rings. The molecule has 0 radical (unpaired) electrons. The van der Waals surface area contributed by atoms with Crippen LogP contribution in [0.15, 0.2) is 0 Å². The number of hydrogen-bond donors (Lipinski definition) is 2. The lowest BCUT2D eigenvalue weighted by molar-refractivity contribution is -0.137. The molecule has 0 bridgehead atoms. The lowest BCUT2D eigenvalue weighted by atomic mass is 10.0. The van der Waals surface area contributed by atoms with Crippen LogP contribution in [0.5, 0.6) is 0 Å². The molecule has 0 aliphatic carbocycles. The van der Waals surface area contributed by atoms with Gasteiger partial charge in [0.1, 0.15) is 6.61 Å². The zero-order valence-corrected chi connectivity index (χ0v) is 9.99. The van der Waals surface area contributed by atoms with Crippen LogP contribution in [0.1, 0.15) is 33.1 Å². The van der Waals surface area contributed by atoms with Crippen LogP contribution < -0.4 is 5.32 Å². The molecule has 0 aromatic heterocycles. The molecule has 5 heteroatoms. The maximum Gasteiger partial charge on any atom is 0.303 e. The van der Waals surface area contributed by atoms with E-state index in [0.717, 1.165) is 6.42 Å². The van der Waals surface area contributed by atoms with E-state index in [0.29, 0.717) is 25.5 Å². The van der Waals surface area contributed by atoms with Gasteiger partial charge in [0.25, 0.3) is 0 Å². The minimum absolute atomic E-state index is 0.0972. The topological polar surface area (TPSA) is 75.6 Å². The molecule has 0 heterocycles. The van der Waals surface area contributed by atoms with E-state index < -0.39 is 5.97 Å². The van der Waals surface area contributed by atoms with Crippen molar-refractivity contribution >= 4 is 11.9 Å². The van der Waals surface area contributed by atoms with Gasteiger partial charge < -0.3 is 15.2 Å². The number of carbonyl (C=O) groups is 2. The molecule has 0 aromatic rings. The Morgan fingerprint density at radius 1 is 1.38 bits per heavy atom. The van der Waals surface area contributed by atoms with E-state index in [4.69, 9.17) is 9.84 Å². The summed E-state index contributed by atoms with van der Waals surface area (Å²) in [5, 5.41) is 11.2. The molecule has 94 valence electrons. The first-order valence-corrected chi connectivity index (χ1v) is 5.62. The summed E-state index contributed by atoms with van der Waals surface area (Å²) in [7, 11) is 0. The van der Waals surface area contributed by atoms with Crippen LogP contribution in [0.25, 0.3) is 0 Å². The number of nitrogens with one attached hydrogen (secondary N) is 1. The second kappa shape index (κ2) is 9.15. The molecule has 16 heavy (non-hydrogen) atoms. The Labute approximate surface area is 96.2 Å². The Bertz CT molecular complexity index is 218. The molecule has 1 amide bonds. The number of amides is 1. The molecule has 5 nitrogen and oxygen atoms in total. The van der Waals surface area contributed by atoms with Crippen LogP contribution in [-0.4, -0.2) is 36.7 Å². The smallest absolute Gasteiger partial charge is 0.303 e. The molecular weight excluding hydrogens is 210 g/mol. The molecule has 0 aromatic carbocycles. The van der Waals surface area contributed by atoms with Crippen molar-refractivity contribution in [1.29, 1.82) is 0 Å². The SMILES string of the molecule is CCOCC(=O)NCCC(C)CCC(=O)O. The Morgan fingerprint density at radius 2 is 2.06 bits per heavy atom. The molecule has 2 N–H and O–H groups in total. The largest absolute Gasteiger partial charge is 0.481 e. The highest BCUT2D eigenvalue weighted by atomic mass is 16.5. The summed E-state index contributed by atoms with van der Waals surface area (Å²) in [4.78, 5) is 21.4. The Kier molecular flexibility index (Phi) is 8.52. The van der Waals surface area contributed by atoms with Crippen molar-refractivity contribution in [1.82, 2.24) is 5.32 Å². The quantitative estimate of drug-likeness (QED) is 0.621. The van der Waals surface area contributed by atoms with E-state index in [1.165, 1.54) is 0 Å². The fourth-order valence-electron chi connectivity index (χ4n) is 1.22. The van der Waals surface area contributed by atoms with Gasteiger partial charge in [-0.15, -0.1) is 0 Å². The summed E-state index contributed by atoms with van der Waals surface area (Å²) in [6.45, 7) is 5.02. The summed E-state index contributed by atoms with van der Waals surface area (Å²) in [6.07, 6.45) is 1.63. The van der Waals surface area contributed by atoms with Gasteiger partial charge in [-0.25, -0.2) is 0 Å². The number of rotatable bonds is 9. The molecule has 0 fully saturated rings. The normalized spacial score (nSPS) is 12.1. The highest BCUT2D eigenvalue weighted by Crippen LogP contribution is 2.08. The average molecular weight is 231 g/mol. The van der Waals surface area contributed by atoms with Crippen LogP contribution in [0.2, 0.25) is 0 Å². The van der Waals surface area contributed by atoms with Crippen molar-refractivity contribution in [2.45, 2.75) is 33.1 Å². The predicted octanol–water partition coefficient (Wildman–Crippen LogP) is 1.03. The lowest BCUT2D eigenvalue weighted by Gasteiger charge is -2.10. The Morgan fingerprint density at radius 3 is 2.62 bits per heavy atom. The molecule has 0 rings (SSSR count). The maximum absolute atomic E-state index is 11.1. The minimum atomic E-state index is -0.771. The van der Waals surface area contributed by atoms with E-state index in [1.54, 1.807) is 0 Å². The summed E-state index contributed by atoms with van der Waals surface area (Å²) in [5.41, 5.74) is 0. The highest BCUT2D eigenvalue weighted by Gasteiger charge is 2.06. The first kappa shape index (κ1) is 14.9. The zero-order valence-electron chi connectivity index (χ0n) is 9.99. The van der Waals surface area contributed by atoms with Crippen LogP contribution >= 0.6 is 0 Å². The van der Waals surface area contributed by atoms with Crippen molar-refractivity contribution in [3.63, 3.8) is 0 Å². The van der Waals surface area contributed by atoms with Gasteiger partial charge in [-0.1, -0.05) is 6.92 Å². The van der Waals surface area contributed by atoms with Crippen molar-refractivity contribution in [3.8, 4) is 0 Å². The first-order chi connectivity index (χ1) is 7.56. The minimum Gasteiger partial charge on any atom is -0.481 e. The summed E-state index contributed by atoms with van der Waals surface area (Å²) in [5.74, 6) is -0.581. The molecule has 1 unspecified atom stereocenters. The number of carboxylic acids is 1. The van der Waals surface area contributed by atoms with Gasteiger partial charge in [-0.2, -0.15) is 0 Å². The number of aliphatic carboxylic acids is 1. The maximum atomic E-state index is 11.1. The van der Waals surface area contributed by atoms with Gasteiger partial charge in [0, 0.05) is 19.6 Å². The van der Waals surface area contributed by atoms with Crippen LogP contribution in [0.4, 0.5) is 0 Å². The van der Waals surface area contributed by atoms with Gasteiger partial charge >= 0.3 is 5.97 Å².